The molecule has 0 atom stereocenters. The summed E-state index contributed by atoms with van der Waals surface area (Å²) in [5, 5.41) is 0. The maximum atomic E-state index is 12.7. The molecule has 3 rings (SSSR count). The molecule has 2 aromatic carbocycles. The quantitative estimate of drug-likeness (QED) is 0.870. The van der Waals surface area contributed by atoms with Gasteiger partial charge in [-0.2, -0.15) is 0 Å². The van der Waals surface area contributed by atoms with Crippen LogP contribution in [0.15, 0.2) is 36.4 Å². The molecule has 5 heteroatoms. The molecular weight excluding hydrogens is 294 g/mol. The van der Waals surface area contributed by atoms with Gasteiger partial charge in [0.05, 0.1) is 12.7 Å². The second-order valence-corrected chi connectivity index (χ2v) is 5.55. The van der Waals surface area contributed by atoms with Gasteiger partial charge in [0, 0.05) is 13.6 Å². The Morgan fingerprint density at radius 1 is 1.17 bits per heavy atom. The first kappa shape index (κ1) is 15.2. The van der Waals surface area contributed by atoms with Crippen molar-refractivity contribution in [3.05, 3.63) is 53.1 Å². The van der Waals surface area contributed by atoms with E-state index in [-0.39, 0.29) is 12.7 Å². The number of ether oxygens (including phenoxy) is 3. The van der Waals surface area contributed by atoms with Crippen molar-refractivity contribution in [2.75, 3.05) is 21.0 Å². The largest absolute Gasteiger partial charge is 0.496 e. The lowest BCUT2D eigenvalue weighted by atomic mass is 10.1. The Bertz CT molecular complexity index is 742. The number of nitrogens with zero attached hydrogens (tertiary/aromatic N) is 1. The van der Waals surface area contributed by atoms with E-state index in [1.54, 1.807) is 19.1 Å². The smallest absolute Gasteiger partial charge is 0.257 e. The summed E-state index contributed by atoms with van der Waals surface area (Å²) in [5.74, 6) is 1.96. The van der Waals surface area contributed by atoms with E-state index in [0.717, 1.165) is 22.6 Å². The molecule has 0 unspecified atom stereocenters. The number of hydrogen-bond donors (Lipinski definition) is 0. The minimum atomic E-state index is -0.0804. The molecule has 0 N–H and O–H groups in total. The minimum absolute atomic E-state index is 0.0804. The van der Waals surface area contributed by atoms with Gasteiger partial charge in [0.25, 0.3) is 5.91 Å². The van der Waals surface area contributed by atoms with Gasteiger partial charge in [0.15, 0.2) is 11.5 Å². The molecule has 0 saturated heterocycles. The molecule has 23 heavy (non-hydrogen) atoms. The van der Waals surface area contributed by atoms with Crippen LogP contribution < -0.4 is 14.2 Å². The Morgan fingerprint density at radius 3 is 2.74 bits per heavy atom. The zero-order valence-electron chi connectivity index (χ0n) is 13.5. The van der Waals surface area contributed by atoms with E-state index < -0.39 is 0 Å². The van der Waals surface area contributed by atoms with Gasteiger partial charge in [-0.25, -0.2) is 0 Å². The molecule has 0 spiro atoms. The van der Waals surface area contributed by atoms with Gasteiger partial charge < -0.3 is 19.1 Å². The summed E-state index contributed by atoms with van der Waals surface area (Å²) >= 11 is 0. The molecule has 1 amide bonds. The second kappa shape index (κ2) is 6.20. The van der Waals surface area contributed by atoms with Crippen molar-refractivity contribution in [1.29, 1.82) is 0 Å². The van der Waals surface area contributed by atoms with Gasteiger partial charge in [-0.1, -0.05) is 17.7 Å². The number of hydrogen-bond acceptors (Lipinski definition) is 4. The summed E-state index contributed by atoms with van der Waals surface area (Å²) in [6.45, 7) is 2.68. The molecule has 1 heterocycles. The van der Waals surface area contributed by atoms with E-state index in [4.69, 9.17) is 14.2 Å². The normalized spacial score (nSPS) is 12.1. The minimum Gasteiger partial charge on any atom is -0.496 e. The highest BCUT2D eigenvalue weighted by molar-refractivity contribution is 5.97. The summed E-state index contributed by atoms with van der Waals surface area (Å²) < 4.78 is 16.0. The van der Waals surface area contributed by atoms with Crippen molar-refractivity contribution in [2.45, 2.75) is 13.5 Å². The molecule has 0 fully saturated rings. The average Bonchev–Trinajstić information content (AvgIpc) is 3.01. The van der Waals surface area contributed by atoms with Gasteiger partial charge in [-0.3, -0.25) is 4.79 Å². The van der Waals surface area contributed by atoms with E-state index in [2.05, 4.69) is 0 Å². The monoisotopic (exact) mass is 313 g/mol. The summed E-state index contributed by atoms with van der Waals surface area (Å²) in [6, 6.07) is 11.3. The maximum absolute atomic E-state index is 12.7. The molecule has 0 radical (unpaired) electrons. The van der Waals surface area contributed by atoms with Crippen LogP contribution in [0.3, 0.4) is 0 Å². The molecule has 0 aromatic heterocycles. The molecule has 1 aliphatic rings. The highest BCUT2D eigenvalue weighted by atomic mass is 16.7. The lowest BCUT2D eigenvalue weighted by Gasteiger charge is -2.19. The molecule has 2 aromatic rings. The number of carbonyl (C=O) groups is 1. The van der Waals surface area contributed by atoms with Crippen molar-refractivity contribution in [3.8, 4) is 17.2 Å². The van der Waals surface area contributed by atoms with Gasteiger partial charge in [0.2, 0.25) is 6.79 Å². The highest BCUT2D eigenvalue weighted by Gasteiger charge is 2.19. The molecular formula is C18H19NO4. The van der Waals surface area contributed by atoms with Crippen LogP contribution in [0.2, 0.25) is 0 Å². The standard InChI is InChI=1S/C18H19NO4/c1-12-4-6-15(21-3)14(8-12)18(20)19(2)10-13-5-7-16-17(9-13)23-11-22-16/h4-9H,10-11H2,1-3H3. The van der Waals surface area contributed by atoms with Crippen LogP contribution in [0.25, 0.3) is 0 Å². The summed E-state index contributed by atoms with van der Waals surface area (Å²) in [4.78, 5) is 14.4. The topological polar surface area (TPSA) is 48.0 Å². The van der Waals surface area contributed by atoms with Crippen molar-refractivity contribution >= 4 is 5.91 Å². The van der Waals surface area contributed by atoms with Crippen molar-refractivity contribution in [3.63, 3.8) is 0 Å². The molecule has 0 saturated carbocycles. The summed E-state index contributed by atoms with van der Waals surface area (Å²) in [6.07, 6.45) is 0. The van der Waals surface area contributed by atoms with E-state index in [9.17, 15) is 4.79 Å². The molecule has 1 aliphatic heterocycles. The van der Waals surface area contributed by atoms with E-state index in [0.29, 0.717) is 17.9 Å². The Kier molecular flexibility index (Phi) is 4.10. The number of methoxy groups -OCH3 is 1. The summed E-state index contributed by atoms with van der Waals surface area (Å²) in [5.41, 5.74) is 2.57. The fourth-order valence-electron chi connectivity index (χ4n) is 2.58. The van der Waals surface area contributed by atoms with Gasteiger partial charge in [-0.05, 0) is 36.8 Å². The summed E-state index contributed by atoms with van der Waals surface area (Å²) in [7, 11) is 3.34. The van der Waals surface area contributed by atoms with Crippen LogP contribution in [0, 0.1) is 6.92 Å². The van der Waals surface area contributed by atoms with Crippen LogP contribution in [-0.4, -0.2) is 31.8 Å². The molecule has 5 nitrogen and oxygen atoms in total. The average molecular weight is 313 g/mol. The van der Waals surface area contributed by atoms with Crippen LogP contribution in [0.1, 0.15) is 21.5 Å². The predicted molar refractivity (Wildman–Crippen MR) is 86.1 cm³/mol. The SMILES string of the molecule is COc1ccc(C)cc1C(=O)N(C)Cc1ccc2c(c1)OCO2. The Balaban J connectivity index is 1.79. The zero-order chi connectivity index (χ0) is 16.4. The Labute approximate surface area is 135 Å². The Morgan fingerprint density at radius 2 is 1.96 bits per heavy atom. The van der Waals surface area contributed by atoms with Crippen LogP contribution >= 0.6 is 0 Å². The first-order chi connectivity index (χ1) is 11.1. The number of carbonyl (C=O) groups excluding carboxylic acids is 1. The van der Waals surface area contributed by atoms with Gasteiger partial charge >= 0.3 is 0 Å². The van der Waals surface area contributed by atoms with E-state index in [1.165, 1.54) is 0 Å². The van der Waals surface area contributed by atoms with Crippen molar-refractivity contribution < 1.29 is 19.0 Å². The molecule has 0 bridgehead atoms. The lowest BCUT2D eigenvalue weighted by Crippen LogP contribution is -2.26. The molecule has 120 valence electrons. The fourth-order valence-corrected chi connectivity index (χ4v) is 2.58. The number of aryl methyl sites for hydroxylation is 1. The third kappa shape index (κ3) is 3.08. The fraction of sp³-hybridized carbons (Fsp3) is 0.278. The number of amides is 1. The Hall–Kier alpha value is -2.69. The van der Waals surface area contributed by atoms with Crippen LogP contribution in [0.4, 0.5) is 0 Å². The van der Waals surface area contributed by atoms with E-state index in [1.807, 2.05) is 43.3 Å². The highest BCUT2D eigenvalue weighted by Crippen LogP contribution is 2.33. The van der Waals surface area contributed by atoms with E-state index >= 15 is 0 Å². The second-order valence-electron chi connectivity index (χ2n) is 5.55. The van der Waals surface area contributed by atoms with Gasteiger partial charge in [-0.15, -0.1) is 0 Å². The first-order valence-corrected chi connectivity index (χ1v) is 7.37. The lowest BCUT2D eigenvalue weighted by molar-refractivity contribution is 0.0781. The third-order valence-corrected chi connectivity index (χ3v) is 3.79. The van der Waals surface area contributed by atoms with Crippen LogP contribution in [0.5, 0.6) is 17.2 Å². The van der Waals surface area contributed by atoms with Crippen molar-refractivity contribution in [1.82, 2.24) is 4.90 Å². The zero-order valence-corrected chi connectivity index (χ0v) is 13.5. The first-order valence-electron chi connectivity index (χ1n) is 7.37. The maximum Gasteiger partial charge on any atom is 0.257 e. The van der Waals surface area contributed by atoms with Crippen molar-refractivity contribution in [2.24, 2.45) is 0 Å². The predicted octanol–water partition coefficient (Wildman–Crippen LogP) is 3.00. The number of benzene rings is 2. The third-order valence-electron chi connectivity index (χ3n) is 3.79. The number of fused-ring (bicyclic) bond motifs is 1. The van der Waals surface area contributed by atoms with Gasteiger partial charge in [0.1, 0.15) is 5.75 Å². The molecule has 0 aliphatic carbocycles. The number of rotatable bonds is 4. The van der Waals surface area contributed by atoms with Crippen LogP contribution in [-0.2, 0) is 6.54 Å².